The first kappa shape index (κ1) is 35.7. The number of fused-ring (bicyclic) bond motifs is 1. The van der Waals surface area contributed by atoms with Gasteiger partial charge in [-0.2, -0.15) is 26.6 Å². The first-order chi connectivity index (χ1) is 21.4. The Morgan fingerprint density at radius 2 is 1.80 bits per heavy atom. The van der Waals surface area contributed by atoms with E-state index in [1.807, 2.05) is 61.1 Å². The van der Waals surface area contributed by atoms with Crippen molar-refractivity contribution >= 4 is 50.1 Å². The van der Waals surface area contributed by atoms with Crippen LogP contribution in [0.3, 0.4) is 0 Å². The van der Waals surface area contributed by atoms with E-state index in [0.717, 1.165) is 22.5 Å². The topological polar surface area (TPSA) is 155 Å². The van der Waals surface area contributed by atoms with E-state index in [1.165, 1.54) is 6.07 Å². The lowest BCUT2D eigenvalue weighted by Crippen LogP contribution is -2.30. The van der Waals surface area contributed by atoms with E-state index in [2.05, 4.69) is 32.2 Å². The van der Waals surface area contributed by atoms with Crippen LogP contribution < -0.4 is 20.3 Å². The van der Waals surface area contributed by atoms with Crippen molar-refractivity contribution in [3.63, 3.8) is 0 Å². The van der Waals surface area contributed by atoms with Crippen LogP contribution in [0.4, 0.5) is 36.3 Å². The predicted octanol–water partition coefficient (Wildman–Crippen LogP) is 4.34. The van der Waals surface area contributed by atoms with Crippen molar-refractivity contribution < 1.29 is 35.7 Å². The SMILES string of the molecule is C=CC(=O)Nc1cc(Nc2nccc(-c3cn(C)c4ccccc34)n2)c(OCC(F)(F)F)nc1N(C)CCN(C)C.CS(=O)(=O)O. The molecule has 0 aliphatic carbocycles. The van der Waals surface area contributed by atoms with Crippen LogP contribution in [0.15, 0.2) is 61.4 Å². The molecule has 0 saturated heterocycles. The van der Waals surface area contributed by atoms with E-state index >= 15 is 0 Å². The Morgan fingerprint density at radius 1 is 1.13 bits per heavy atom. The maximum Gasteiger partial charge on any atom is 0.422 e. The Bertz CT molecular complexity index is 1790. The normalized spacial score (nSPS) is 11.5. The molecule has 46 heavy (non-hydrogen) atoms. The number of alkyl halides is 3. The van der Waals surface area contributed by atoms with Gasteiger partial charge in [0.25, 0.3) is 10.1 Å². The van der Waals surface area contributed by atoms with Gasteiger partial charge in [0.2, 0.25) is 17.7 Å². The van der Waals surface area contributed by atoms with Crippen molar-refractivity contribution in [3.05, 3.63) is 61.4 Å². The van der Waals surface area contributed by atoms with Crippen LogP contribution in [0, 0.1) is 0 Å². The Hall–Kier alpha value is -4.74. The highest BCUT2D eigenvalue weighted by Gasteiger charge is 2.30. The van der Waals surface area contributed by atoms with Crippen molar-refractivity contribution in [2.24, 2.45) is 7.05 Å². The molecule has 17 heteroatoms. The van der Waals surface area contributed by atoms with Crippen molar-refractivity contribution in [3.8, 4) is 17.1 Å². The minimum absolute atomic E-state index is 0.0356. The number of rotatable bonds is 11. The molecule has 1 amide bonds. The van der Waals surface area contributed by atoms with Crippen molar-refractivity contribution in [2.45, 2.75) is 6.18 Å². The van der Waals surface area contributed by atoms with E-state index in [9.17, 15) is 26.4 Å². The van der Waals surface area contributed by atoms with Crippen molar-refractivity contribution in [1.82, 2.24) is 24.4 Å². The third-order valence-electron chi connectivity index (χ3n) is 6.10. The van der Waals surface area contributed by atoms with Gasteiger partial charge in [0.05, 0.1) is 17.6 Å². The summed E-state index contributed by atoms with van der Waals surface area (Å²) < 4.78 is 72.4. The molecule has 4 rings (SSSR count). The van der Waals surface area contributed by atoms with E-state index in [4.69, 9.17) is 9.29 Å². The number of nitrogens with one attached hydrogen (secondary N) is 2. The van der Waals surface area contributed by atoms with Gasteiger partial charge in [-0.15, -0.1) is 0 Å². The molecule has 0 spiro atoms. The number of carbonyl (C=O) groups excluding carboxylic acids is 1. The molecule has 3 heterocycles. The second-order valence-corrected chi connectivity index (χ2v) is 11.8. The highest BCUT2D eigenvalue weighted by molar-refractivity contribution is 7.85. The Balaban J connectivity index is 0.00000107. The van der Waals surface area contributed by atoms with Gasteiger partial charge in [-0.1, -0.05) is 24.8 Å². The molecule has 0 unspecified atom stereocenters. The molecule has 0 bridgehead atoms. The summed E-state index contributed by atoms with van der Waals surface area (Å²) in [6.07, 6.45) is 0.683. The fourth-order valence-corrected chi connectivity index (χ4v) is 4.09. The van der Waals surface area contributed by atoms with E-state index in [1.54, 1.807) is 24.2 Å². The first-order valence-corrected chi connectivity index (χ1v) is 15.4. The maximum absolute atomic E-state index is 13.2. The third-order valence-corrected chi connectivity index (χ3v) is 6.10. The summed E-state index contributed by atoms with van der Waals surface area (Å²) in [6, 6.07) is 11.0. The molecule has 0 saturated carbocycles. The van der Waals surface area contributed by atoms with Crippen LogP contribution in [0.2, 0.25) is 0 Å². The predicted molar refractivity (Wildman–Crippen MR) is 171 cm³/mol. The number of pyridine rings is 1. The maximum atomic E-state index is 13.2. The molecular weight excluding hydrogens is 629 g/mol. The van der Waals surface area contributed by atoms with Crippen LogP contribution >= 0.6 is 0 Å². The summed E-state index contributed by atoms with van der Waals surface area (Å²) in [4.78, 5) is 29.1. The summed E-state index contributed by atoms with van der Waals surface area (Å²) in [6.45, 7) is 3.01. The summed E-state index contributed by atoms with van der Waals surface area (Å²) in [5.41, 5.74) is 2.75. The summed E-state index contributed by atoms with van der Waals surface area (Å²) >= 11 is 0. The zero-order valence-corrected chi connectivity index (χ0v) is 26.6. The van der Waals surface area contributed by atoms with Crippen LogP contribution in [0.1, 0.15) is 0 Å². The number of aromatic nitrogens is 4. The molecular formula is C29H35F3N8O5S. The molecule has 0 aliphatic heterocycles. The number of carbonyl (C=O) groups is 1. The third kappa shape index (κ3) is 10.7. The smallest absolute Gasteiger partial charge is 0.422 e. The number of aryl methyl sites for hydroxylation is 1. The largest absolute Gasteiger partial charge is 0.466 e. The highest BCUT2D eigenvalue weighted by atomic mass is 32.2. The lowest BCUT2D eigenvalue weighted by atomic mass is 10.1. The fourth-order valence-electron chi connectivity index (χ4n) is 4.09. The molecule has 248 valence electrons. The van der Waals surface area contributed by atoms with E-state index in [0.29, 0.717) is 25.0 Å². The summed E-state index contributed by atoms with van der Waals surface area (Å²) in [7, 11) is 3.75. The lowest BCUT2D eigenvalue weighted by molar-refractivity contribution is -0.153. The Morgan fingerprint density at radius 3 is 2.43 bits per heavy atom. The minimum Gasteiger partial charge on any atom is -0.466 e. The van der Waals surface area contributed by atoms with Gasteiger partial charge in [0.1, 0.15) is 5.69 Å². The number of nitrogens with zero attached hydrogens (tertiary/aromatic N) is 6. The number of hydrogen-bond donors (Lipinski definition) is 3. The first-order valence-electron chi connectivity index (χ1n) is 13.6. The van der Waals surface area contributed by atoms with Crippen LogP contribution in [-0.4, -0.2) is 96.6 Å². The molecule has 0 radical (unpaired) electrons. The van der Waals surface area contributed by atoms with Gasteiger partial charge < -0.3 is 29.7 Å². The van der Waals surface area contributed by atoms with Gasteiger partial charge in [-0.3, -0.25) is 9.35 Å². The van der Waals surface area contributed by atoms with Gasteiger partial charge in [-0.05, 0) is 38.4 Å². The summed E-state index contributed by atoms with van der Waals surface area (Å²) in [5, 5.41) is 6.59. The fraction of sp³-hybridized carbons (Fsp3) is 0.310. The zero-order valence-electron chi connectivity index (χ0n) is 25.8. The molecule has 1 aromatic carbocycles. The van der Waals surface area contributed by atoms with Crippen LogP contribution in [0.5, 0.6) is 5.88 Å². The van der Waals surface area contributed by atoms with Gasteiger partial charge in [0.15, 0.2) is 12.4 Å². The zero-order chi connectivity index (χ0) is 34.2. The average molecular weight is 665 g/mol. The molecule has 0 aliphatic rings. The second kappa shape index (κ2) is 15.0. The van der Waals surface area contributed by atoms with Crippen LogP contribution in [0.25, 0.3) is 22.2 Å². The molecule has 0 atom stereocenters. The quantitative estimate of drug-likeness (QED) is 0.155. The Kier molecular flexibility index (Phi) is 11.7. The number of para-hydroxylation sites is 1. The molecule has 3 aromatic heterocycles. The van der Waals surface area contributed by atoms with Crippen molar-refractivity contribution in [2.75, 3.05) is 62.6 Å². The van der Waals surface area contributed by atoms with E-state index < -0.39 is 28.8 Å². The molecule has 4 aromatic rings. The number of halogens is 3. The molecule has 13 nitrogen and oxygen atoms in total. The Labute approximate surface area is 264 Å². The standard InChI is InChI=1S/C28H31F3N8O2.CH4O3S/c1-6-24(40)33-21-15-22(26(41-17-28(29,30)31)36-25(21)38(4)14-13-37(2)3)35-27-32-12-11-20(34-27)19-16-39(5)23-10-8-7-9-18(19)23;1-5(2,3)4/h6-12,15-16H,1,13-14,17H2,2-5H3,(H,33,40)(H,32,34,35);1H3,(H,2,3,4). The number of likely N-dealkylation sites (N-methyl/N-ethyl adjacent to an activating group) is 2. The lowest BCUT2D eigenvalue weighted by Gasteiger charge is -2.25. The number of ether oxygens (including phenoxy) is 1. The van der Waals surface area contributed by atoms with Gasteiger partial charge in [0, 0.05) is 56.0 Å². The molecule has 0 fully saturated rings. The molecule has 3 N–H and O–H groups in total. The minimum atomic E-state index is -4.60. The number of anilines is 4. The van der Waals surface area contributed by atoms with E-state index in [-0.39, 0.29) is 29.0 Å². The second-order valence-electron chi connectivity index (χ2n) is 10.3. The summed E-state index contributed by atoms with van der Waals surface area (Å²) in [5.74, 6) is -0.526. The number of benzene rings is 1. The van der Waals surface area contributed by atoms with Crippen LogP contribution in [-0.2, 0) is 22.0 Å². The average Bonchev–Trinajstić information content (AvgIpc) is 3.30. The van der Waals surface area contributed by atoms with Gasteiger partial charge in [-0.25, -0.2) is 9.97 Å². The number of hydrogen-bond acceptors (Lipinski definition) is 10. The van der Waals surface area contributed by atoms with Gasteiger partial charge >= 0.3 is 6.18 Å². The highest BCUT2D eigenvalue weighted by Crippen LogP contribution is 2.36. The van der Waals surface area contributed by atoms with Crippen molar-refractivity contribution in [1.29, 1.82) is 0 Å². The monoisotopic (exact) mass is 664 g/mol. The number of amides is 1.